The first-order chi connectivity index (χ1) is 12.0. The Bertz CT molecular complexity index is 830. The SMILES string of the molecule is O=C1N(Cc2c(F)cc(F)cc2F)CCN1c1ccc2c(c1)CCC2. The number of anilines is 1. The minimum atomic E-state index is -0.971. The molecule has 1 heterocycles. The number of halogens is 3. The van der Waals surface area contributed by atoms with Crippen LogP contribution in [0.4, 0.5) is 23.7 Å². The van der Waals surface area contributed by atoms with Crippen LogP contribution >= 0.6 is 0 Å². The fraction of sp³-hybridized carbons (Fsp3) is 0.316. The van der Waals surface area contributed by atoms with E-state index < -0.39 is 17.5 Å². The first-order valence-electron chi connectivity index (χ1n) is 8.34. The second-order valence-corrected chi connectivity index (χ2v) is 6.51. The van der Waals surface area contributed by atoms with Crippen molar-refractivity contribution in [2.75, 3.05) is 18.0 Å². The molecule has 130 valence electrons. The Morgan fingerprint density at radius 2 is 1.64 bits per heavy atom. The monoisotopic (exact) mass is 346 g/mol. The number of rotatable bonds is 3. The van der Waals surface area contributed by atoms with Gasteiger partial charge in [-0.25, -0.2) is 18.0 Å². The maximum Gasteiger partial charge on any atom is 0.324 e. The van der Waals surface area contributed by atoms with E-state index in [4.69, 9.17) is 0 Å². The lowest BCUT2D eigenvalue weighted by molar-refractivity contribution is 0.217. The zero-order chi connectivity index (χ0) is 17.6. The van der Waals surface area contributed by atoms with E-state index in [2.05, 4.69) is 0 Å². The molecule has 0 N–H and O–H groups in total. The molecule has 0 aromatic heterocycles. The van der Waals surface area contributed by atoms with Crippen LogP contribution in [0, 0.1) is 17.5 Å². The van der Waals surface area contributed by atoms with Gasteiger partial charge in [0.2, 0.25) is 0 Å². The molecular weight excluding hydrogens is 329 g/mol. The molecule has 1 aliphatic carbocycles. The van der Waals surface area contributed by atoms with Gasteiger partial charge in [-0.15, -0.1) is 0 Å². The third-order valence-electron chi connectivity index (χ3n) is 4.94. The molecule has 2 aliphatic rings. The number of aryl methyl sites for hydroxylation is 2. The van der Waals surface area contributed by atoms with Gasteiger partial charge in [-0.1, -0.05) is 6.07 Å². The highest BCUT2D eigenvalue weighted by Crippen LogP contribution is 2.29. The number of amides is 2. The summed E-state index contributed by atoms with van der Waals surface area (Å²) in [5.41, 5.74) is 3.11. The molecular formula is C19H17F3N2O. The molecule has 1 fully saturated rings. The Morgan fingerprint density at radius 3 is 2.40 bits per heavy atom. The third kappa shape index (κ3) is 2.86. The molecule has 0 saturated carbocycles. The van der Waals surface area contributed by atoms with Gasteiger partial charge in [-0.05, 0) is 42.5 Å². The van der Waals surface area contributed by atoms with Crippen molar-refractivity contribution in [3.63, 3.8) is 0 Å². The zero-order valence-electron chi connectivity index (χ0n) is 13.6. The lowest BCUT2D eigenvalue weighted by Gasteiger charge is -2.20. The van der Waals surface area contributed by atoms with Crippen LogP contribution in [0.15, 0.2) is 30.3 Å². The molecule has 0 radical (unpaired) electrons. The third-order valence-corrected chi connectivity index (χ3v) is 4.94. The second kappa shape index (κ2) is 6.10. The van der Waals surface area contributed by atoms with Crippen molar-refractivity contribution in [2.24, 2.45) is 0 Å². The van der Waals surface area contributed by atoms with Crippen LogP contribution in [0.25, 0.3) is 0 Å². The molecule has 2 amide bonds. The summed E-state index contributed by atoms with van der Waals surface area (Å²) >= 11 is 0. The van der Waals surface area contributed by atoms with Gasteiger partial charge >= 0.3 is 6.03 Å². The first-order valence-corrected chi connectivity index (χ1v) is 8.34. The van der Waals surface area contributed by atoms with Gasteiger partial charge in [0.1, 0.15) is 17.5 Å². The van der Waals surface area contributed by atoms with Gasteiger partial charge in [0.15, 0.2) is 0 Å². The second-order valence-electron chi connectivity index (χ2n) is 6.51. The van der Waals surface area contributed by atoms with E-state index in [1.807, 2.05) is 18.2 Å². The molecule has 0 atom stereocenters. The maximum atomic E-state index is 13.8. The van der Waals surface area contributed by atoms with Crippen LogP contribution < -0.4 is 4.90 Å². The number of hydrogen-bond acceptors (Lipinski definition) is 1. The van der Waals surface area contributed by atoms with Crippen molar-refractivity contribution in [1.82, 2.24) is 4.90 Å². The predicted molar refractivity (Wildman–Crippen MR) is 87.9 cm³/mol. The van der Waals surface area contributed by atoms with E-state index in [1.54, 1.807) is 4.90 Å². The quantitative estimate of drug-likeness (QED) is 0.823. The molecule has 4 rings (SSSR count). The van der Waals surface area contributed by atoms with Gasteiger partial charge in [0.05, 0.1) is 6.54 Å². The number of nitrogens with zero attached hydrogens (tertiary/aromatic N) is 2. The highest BCUT2D eigenvalue weighted by atomic mass is 19.1. The van der Waals surface area contributed by atoms with Crippen LogP contribution in [0.3, 0.4) is 0 Å². The number of carbonyl (C=O) groups excluding carboxylic acids is 1. The van der Waals surface area contributed by atoms with Crippen LogP contribution in [0.5, 0.6) is 0 Å². The average Bonchev–Trinajstić information content (AvgIpc) is 3.17. The molecule has 1 saturated heterocycles. The normalized spacial score (nSPS) is 16.7. The minimum absolute atomic E-state index is 0.210. The smallest absolute Gasteiger partial charge is 0.318 e. The van der Waals surface area contributed by atoms with E-state index in [0.29, 0.717) is 25.2 Å². The average molecular weight is 346 g/mol. The molecule has 3 nitrogen and oxygen atoms in total. The van der Waals surface area contributed by atoms with E-state index in [0.717, 1.165) is 24.9 Å². The highest BCUT2D eigenvalue weighted by Gasteiger charge is 2.31. The van der Waals surface area contributed by atoms with Crippen LogP contribution in [-0.4, -0.2) is 24.0 Å². The first kappa shape index (κ1) is 16.0. The molecule has 0 spiro atoms. The van der Waals surface area contributed by atoms with Crippen molar-refractivity contribution in [3.8, 4) is 0 Å². The summed E-state index contributed by atoms with van der Waals surface area (Å²) in [7, 11) is 0. The predicted octanol–water partition coefficient (Wildman–Crippen LogP) is 4.03. The Labute approximate surface area is 143 Å². The molecule has 25 heavy (non-hydrogen) atoms. The summed E-state index contributed by atoms with van der Waals surface area (Å²) in [6.45, 7) is 0.618. The van der Waals surface area contributed by atoms with Crippen molar-refractivity contribution >= 4 is 11.7 Å². The van der Waals surface area contributed by atoms with Crippen molar-refractivity contribution in [2.45, 2.75) is 25.8 Å². The number of hydrogen-bond donors (Lipinski definition) is 0. The maximum absolute atomic E-state index is 13.8. The van der Waals surface area contributed by atoms with Crippen molar-refractivity contribution in [3.05, 3.63) is 64.5 Å². The van der Waals surface area contributed by atoms with Gasteiger partial charge in [-0.2, -0.15) is 0 Å². The molecule has 2 aromatic carbocycles. The van der Waals surface area contributed by atoms with E-state index >= 15 is 0 Å². The van der Waals surface area contributed by atoms with E-state index in [1.165, 1.54) is 16.0 Å². The zero-order valence-corrected chi connectivity index (χ0v) is 13.6. The summed E-state index contributed by atoms with van der Waals surface area (Å²) in [5, 5.41) is 0. The number of carbonyl (C=O) groups is 1. The minimum Gasteiger partial charge on any atom is -0.318 e. The summed E-state index contributed by atoms with van der Waals surface area (Å²) < 4.78 is 40.7. The Morgan fingerprint density at radius 1 is 0.920 bits per heavy atom. The number of urea groups is 1. The summed E-state index contributed by atoms with van der Waals surface area (Å²) in [6.07, 6.45) is 3.21. The lowest BCUT2D eigenvalue weighted by atomic mass is 10.1. The van der Waals surface area contributed by atoms with Gasteiger partial charge < -0.3 is 4.90 Å². The van der Waals surface area contributed by atoms with Gasteiger partial charge in [-0.3, -0.25) is 4.90 Å². The lowest BCUT2D eigenvalue weighted by Crippen LogP contribution is -2.32. The van der Waals surface area contributed by atoms with Crippen molar-refractivity contribution in [1.29, 1.82) is 0 Å². The van der Waals surface area contributed by atoms with Gasteiger partial charge in [0.25, 0.3) is 0 Å². The van der Waals surface area contributed by atoms with Crippen molar-refractivity contribution < 1.29 is 18.0 Å². The standard InChI is InChI=1S/C19H17F3N2O/c20-14-9-17(21)16(18(22)10-14)11-23-6-7-24(19(23)25)15-5-4-12-2-1-3-13(12)8-15/h4-5,8-10H,1-3,6-7,11H2. The Hall–Kier alpha value is -2.50. The molecule has 1 aliphatic heterocycles. The fourth-order valence-corrected chi connectivity index (χ4v) is 3.61. The molecule has 2 aromatic rings. The molecule has 0 unspecified atom stereocenters. The molecule has 6 heteroatoms. The Kier molecular flexibility index (Phi) is 3.90. The Balaban J connectivity index is 1.54. The summed E-state index contributed by atoms with van der Waals surface area (Å²) in [4.78, 5) is 15.6. The van der Waals surface area contributed by atoms with Crippen LogP contribution in [0.2, 0.25) is 0 Å². The summed E-state index contributed by atoms with van der Waals surface area (Å²) in [5.74, 6) is -2.91. The van der Waals surface area contributed by atoms with Crippen LogP contribution in [-0.2, 0) is 19.4 Å². The van der Waals surface area contributed by atoms with Gasteiger partial charge in [0, 0.05) is 36.5 Å². The highest BCUT2D eigenvalue weighted by molar-refractivity contribution is 5.94. The largest absolute Gasteiger partial charge is 0.324 e. The summed E-state index contributed by atoms with van der Waals surface area (Å²) in [6, 6.07) is 6.98. The number of benzene rings is 2. The number of fused-ring (bicyclic) bond motifs is 1. The topological polar surface area (TPSA) is 23.6 Å². The van der Waals surface area contributed by atoms with E-state index in [-0.39, 0.29) is 18.1 Å². The fourth-order valence-electron chi connectivity index (χ4n) is 3.61. The van der Waals surface area contributed by atoms with E-state index in [9.17, 15) is 18.0 Å². The molecule has 0 bridgehead atoms. The van der Waals surface area contributed by atoms with Crippen LogP contribution in [0.1, 0.15) is 23.1 Å².